The van der Waals surface area contributed by atoms with Gasteiger partial charge in [-0.25, -0.2) is 4.79 Å². The summed E-state index contributed by atoms with van der Waals surface area (Å²) in [7, 11) is 1.35. The zero-order valence-corrected chi connectivity index (χ0v) is 23.3. The molecule has 5 rings (SSSR count). The summed E-state index contributed by atoms with van der Waals surface area (Å²) in [6, 6.07) is 21.9. The number of aryl methyl sites for hydroxylation is 2. The molecule has 9 heteroatoms. The van der Waals surface area contributed by atoms with E-state index in [4.69, 9.17) is 21.4 Å². The van der Waals surface area contributed by atoms with Crippen LogP contribution in [0, 0.1) is 13.8 Å². The highest BCUT2D eigenvalue weighted by atomic mass is 32.1. The predicted molar refractivity (Wildman–Crippen MR) is 157 cm³/mol. The van der Waals surface area contributed by atoms with E-state index in [1.165, 1.54) is 7.11 Å². The topological polar surface area (TPSA) is 96.7 Å². The van der Waals surface area contributed by atoms with E-state index in [0.29, 0.717) is 34.3 Å². The zero-order valence-electron chi connectivity index (χ0n) is 22.5. The van der Waals surface area contributed by atoms with Crippen LogP contribution < -0.4 is 10.6 Å². The van der Waals surface area contributed by atoms with Crippen molar-refractivity contribution in [1.29, 1.82) is 0 Å². The Morgan fingerprint density at radius 3 is 2.65 bits per heavy atom. The lowest BCUT2D eigenvalue weighted by Gasteiger charge is -2.26. The number of thiocarbonyl (C=S) groups is 1. The van der Waals surface area contributed by atoms with Crippen molar-refractivity contribution >= 4 is 34.9 Å². The van der Waals surface area contributed by atoms with Gasteiger partial charge in [-0.1, -0.05) is 36.4 Å². The molecule has 1 aliphatic heterocycles. The lowest BCUT2D eigenvalue weighted by Crippen LogP contribution is -2.32. The molecule has 0 radical (unpaired) electrons. The molecule has 2 aromatic carbocycles. The van der Waals surface area contributed by atoms with Crippen molar-refractivity contribution in [2.45, 2.75) is 32.4 Å². The molecule has 1 amide bonds. The molecular formula is C31H30N4O4S. The zero-order chi connectivity index (χ0) is 28.2. The number of esters is 1. The van der Waals surface area contributed by atoms with Crippen molar-refractivity contribution in [3.8, 4) is 11.3 Å². The molecule has 40 heavy (non-hydrogen) atoms. The Morgan fingerprint density at radius 2 is 1.88 bits per heavy atom. The summed E-state index contributed by atoms with van der Waals surface area (Å²) in [4.78, 5) is 31.9. The largest absolute Gasteiger partial charge is 0.465 e. The van der Waals surface area contributed by atoms with Crippen molar-refractivity contribution in [3.63, 3.8) is 0 Å². The maximum absolute atomic E-state index is 13.0. The number of amides is 1. The van der Waals surface area contributed by atoms with E-state index in [0.717, 1.165) is 22.5 Å². The average molecular weight is 555 g/mol. The Hall–Kier alpha value is -4.50. The number of hydrogen-bond acceptors (Lipinski definition) is 6. The van der Waals surface area contributed by atoms with E-state index in [2.05, 4.69) is 15.6 Å². The average Bonchev–Trinajstić information content (AvgIpc) is 3.58. The molecule has 4 aromatic rings. The van der Waals surface area contributed by atoms with Crippen LogP contribution in [0.15, 0.2) is 83.4 Å². The number of carbonyl (C=O) groups is 2. The maximum atomic E-state index is 13.0. The van der Waals surface area contributed by atoms with Crippen LogP contribution in [0.5, 0.6) is 0 Å². The number of aromatic nitrogens is 1. The fourth-order valence-corrected chi connectivity index (χ4v) is 5.23. The van der Waals surface area contributed by atoms with E-state index in [1.807, 2.05) is 79.4 Å². The lowest BCUT2D eigenvalue weighted by atomic mass is 10.0. The van der Waals surface area contributed by atoms with Crippen molar-refractivity contribution in [1.82, 2.24) is 15.2 Å². The van der Waals surface area contributed by atoms with Crippen LogP contribution in [-0.2, 0) is 9.53 Å². The van der Waals surface area contributed by atoms with Crippen LogP contribution in [0.25, 0.3) is 11.3 Å². The number of benzene rings is 2. The summed E-state index contributed by atoms with van der Waals surface area (Å²) >= 11 is 5.74. The first-order valence-corrected chi connectivity index (χ1v) is 13.4. The molecule has 0 unspecified atom stereocenters. The van der Waals surface area contributed by atoms with E-state index in [9.17, 15) is 9.59 Å². The third-order valence-corrected chi connectivity index (χ3v) is 7.31. The first kappa shape index (κ1) is 27.1. The molecule has 3 heterocycles. The quantitative estimate of drug-likeness (QED) is 0.210. The number of nitrogens with one attached hydrogen (secondary N) is 2. The van der Waals surface area contributed by atoms with Crippen LogP contribution >= 0.6 is 12.2 Å². The second kappa shape index (κ2) is 11.7. The van der Waals surface area contributed by atoms with Crippen molar-refractivity contribution < 1.29 is 18.7 Å². The molecule has 2 N–H and O–H groups in total. The second-order valence-electron chi connectivity index (χ2n) is 9.68. The molecule has 2 atom stereocenters. The normalized spacial score (nSPS) is 16.5. The van der Waals surface area contributed by atoms with E-state index in [-0.39, 0.29) is 24.4 Å². The highest BCUT2D eigenvalue weighted by Gasteiger charge is 2.41. The SMILES string of the molecule is COC(=O)c1ccccc1-c1ccc([C@H]2[C@@H](c3ccccn3)NC(=S)N2CCC(=O)Nc2cc(C)ccc2C)o1. The molecule has 2 aromatic heterocycles. The van der Waals surface area contributed by atoms with Gasteiger partial charge in [-0.15, -0.1) is 0 Å². The van der Waals surface area contributed by atoms with Gasteiger partial charge in [0.15, 0.2) is 5.11 Å². The molecule has 0 bridgehead atoms. The van der Waals surface area contributed by atoms with Crippen LogP contribution in [0.3, 0.4) is 0 Å². The van der Waals surface area contributed by atoms with Crippen LogP contribution in [-0.4, -0.2) is 40.5 Å². The van der Waals surface area contributed by atoms with E-state index in [1.54, 1.807) is 18.3 Å². The molecule has 1 aliphatic rings. The van der Waals surface area contributed by atoms with Gasteiger partial charge in [0.25, 0.3) is 0 Å². The minimum absolute atomic E-state index is 0.108. The number of carbonyl (C=O) groups excluding carboxylic acids is 2. The van der Waals surface area contributed by atoms with Gasteiger partial charge < -0.3 is 24.7 Å². The van der Waals surface area contributed by atoms with Crippen LogP contribution in [0.1, 0.15) is 51.4 Å². The second-order valence-corrected chi connectivity index (χ2v) is 10.1. The van der Waals surface area contributed by atoms with E-state index < -0.39 is 5.97 Å². The first-order chi connectivity index (χ1) is 19.4. The fraction of sp³-hybridized carbons (Fsp3) is 0.226. The van der Waals surface area contributed by atoms with Gasteiger partial charge in [0, 0.05) is 30.4 Å². The number of rotatable bonds is 8. The molecule has 1 saturated heterocycles. The first-order valence-electron chi connectivity index (χ1n) is 13.0. The van der Waals surface area contributed by atoms with Gasteiger partial charge in [-0.05, 0) is 73.6 Å². The number of ether oxygens (including phenoxy) is 1. The number of nitrogens with zero attached hydrogens (tertiary/aromatic N) is 2. The summed E-state index contributed by atoms with van der Waals surface area (Å²) in [6.07, 6.45) is 1.96. The van der Waals surface area contributed by atoms with Gasteiger partial charge in [-0.2, -0.15) is 0 Å². The number of methoxy groups -OCH3 is 1. The summed E-state index contributed by atoms with van der Waals surface area (Å²) < 4.78 is 11.3. The molecule has 0 spiro atoms. The van der Waals surface area contributed by atoms with Gasteiger partial charge >= 0.3 is 5.97 Å². The molecule has 0 saturated carbocycles. The Balaban J connectivity index is 1.43. The fourth-order valence-electron chi connectivity index (χ4n) is 4.90. The van der Waals surface area contributed by atoms with Crippen LogP contribution in [0.4, 0.5) is 5.69 Å². The van der Waals surface area contributed by atoms with Gasteiger partial charge in [-0.3, -0.25) is 9.78 Å². The van der Waals surface area contributed by atoms with Gasteiger partial charge in [0.1, 0.15) is 17.6 Å². The maximum Gasteiger partial charge on any atom is 0.338 e. The van der Waals surface area contributed by atoms with Crippen molar-refractivity contribution in [2.24, 2.45) is 0 Å². The summed E-state index contributed by atoms with van der Waals surface area (Å²) in [6.45, 7) is 4.33. The Bertz CT molecular complexity index is 1550. The predicted octanol–water partition coefficient (Wildman–Crippen LogP) is 5.75. The van der Waals surface area contributed by atoms with Gasteiger partial charge in [0.2, 0.25) is 5.91 Å². The van der Waals surface area contributed by atoms with Gasteiger partial charge in [0.05, 0.1) is 24.4 Å². The standard InChI is InChI=1S/C31H30N4O4S/c1-19-11-12-20(2)24(18-19)33-27(36)15-17-35-29(28(34-31(35)40)23-10-6-7-16-32-23)26-14-13-25(39-26)21-8-4-5-9-22(21)30(37)38-3/h4-14,16,18,28-29H,15,17H2,1-3H3,(H,33,36)(H,34,40)/t28-,29+/m1/s1. The molecule has 8 nitrogen and oxygen atoms in total. The summed E-state index contributed by atoms with van der Waals surface area (Å²) in [5.74, 6) is 0.609. The Kier molecular flexibility index (Phi) is 7.93. The minimum atomic E-state index is -0.444. The minimum Gasteiger partial charge on any atom is -0.465 e. The third-order valence-electron chi connectivity index (χ3n) is 6.96. The van der Waals surface area contributed by atoms with E-state index >= 15 is 0 Å². The van der Waals surface area contributed by atoms with Crippen molar-refractivity contribution in [3.05, 3.63) is 107 Å². The third kappa shape index (κ3) is 5.60. The van der Waals surface area contributed by atoms with Crippen molar-refractivity contribution in [2.75, 3.05) is 19.0 Å². The molecule has 1 fully saturated rings. The molecule has 0 aliphatic carbocycles. The number of pyridine rings is 1. The highest BCUT2D eigenvalue weighted by Crippen LogP contribution is 2.41. The van der Waals surface area contributed by atoms with Crippen LogP contribution in [0.2, 0.25) is 0 Å². The number of hydrogen-bond donors (Lipinski definition) is 2. The lowest BCUT2D eigenvalue weighted by molar-refractivity contribution is -0.116. The summed E-state index contributed by atoms with van der Waals surface area (Å²) in [5.41, 5.74) is 4.71. The number of furan rings is 1. The monoisotopic (exact) mass is 554 g/mol. The Morgan fingerprint density at radius 1 is 1.07 bits per heavy atom. The Labute approximate surface area is 238 Å². The smallest absolute Gasteiger partial charge is 0.338 e. The number of anilines is 1. The molecular weight excluding hydrogens is 524 g/mol. The highest BCUT2D eigenvalue weighted by molar-refractivity contribution is 7.80. The summed E-state index contributed by atoms with van der Waals surface area (Å²) in [5, 5.41) is 6.91. The molecule has 204 valence electrons.